The molecular formula is C25H20F3N9O5. The number of hydrogen-bond donors (Lipinski definition) is 4. The fraction of sp³-hybridized carbons (Fsp3) is 0.160. The van der Waals surface area contributed by atoms with Crippen molar-refractivity contribution >= 4 is 17.5 Å². The highest BCUT2D eigenvalue weighted by Crippen LogP contribution is 2.34. The molecule has 216 valence electrons. The lowest BCUT2D eigenvalue weighted by atomic mass is 10.0. The Kier molecular flexibility index (Phi) is 8.36. The van der Waals surface area contributed by atoms with Gasteiger partial charge in [0.15, 0.2) is 23.9 Å². The predicted molar refractivity (Wildman–Crippen MR) is 138 cm³/mol. The van der Waals surface area contributed by atoms with Gasteiger partial charge in [-0.05, 0) is 35.9 Å². The van der Waals surface area contributed by atoms with E-state index in [1.165, 1.54) is 43.8 Å². The van der Waals surface area contributed by atoms with Gasteiger partial charge in [0.25, 0.3) is 5.95 Å². The number of rotatable bonds is 10. The number of benzene rings is 2. The minimum absolute atomic E-state index is 0.00772. The summed E-state index contributed by atoms with van der Waals surface area (Å²) in [5, 5.41) is 23.9. The second-order valence-electron chi connectivity index (χ2n) is 8.22. The molecule has 5 N–H and O–H groups in total. The van der Waals surface area contributed by atoms with E-state index in [9.17, 15) is 22.8 Å². The molecule has 0 fully saturated rings. The number of esters is 1. The molecule has 0 saturated heterocycles. The highest BCUT2D eigenvalue weighted by Gasteiger charge is 2.42. The zero-order chi connectivity index (χ0) is 30.4. The molecule has 0 bridgehead atoms. The van der Waals surface area contributed by atoms with Crippen LogP contribution in [0.25, 0.3) is 5.95 Å². The van der Waals surface area contributed by atoms with E-state index in [-0.39, 0.29) is 41.1 Å². The summed E-state index contributed by atoms with van der Waals surface area (Å²) < 4.78 is 54.9. The Balaban J connectivity index is 1.82. The molecular weight excluding hydrogens is 563 g/mol. The number of H-pyrrole nitrogens is 1. The number of nitrogens with one attached hydrogen (secondary N) is 3. The van der Waals surface area contributed by atoms with E-state index < -0.39 is 35.5 Å². The maximum Gasteiger partial charge on any atom is 0.491 e. The smallest absolute Gasteiger partial charge is 0.491 e. The normalized spacial score (nSPS) is 11.7. The van der Waals surface area contributed by atoms with Crippen LogP contribution in [0.5, 0.6) is 17.2 Å². The van der Waals surface area contributed by atoms with E-state index in [0.29, 0.717) is 5.56 Å². The van der Waals surface area contributed by atoms with Gasteiger partial charge >= 0.3 is 17.8 Å². The van der Waals surface area contributed by atoms with Crippen LogP contribution in [0.3, 0.4) is 0 Å². The van der Waals surface area contributed by atoms with E-state index in [1.807, 2.05) is 6.07 Å². The molecule has 0 radical (unpaired) electrons. The lowest BCUT2D eigenvalue weighted by Gasteiger charge is -2.21. The Morgan fingerprint density at radius 3 is 2.57 bits per heavy atom. The first kappa shape index (κ1) is 29.1. The minimum Gasteiger partial charge on any atom is -0.493 e. The van der Waals surface area contributed by atoms with E-state index in [0.717, 1.165) is 10.7 Å². The number of hydrogen-bond acceptors (Lipinski definition) is 11. The third-order valence-corrected chi connectivity index (χ3v) is 5.48. The van der Waals surface area contributed by atoms with Crippen LogP contribution >= 0.6 is 0 Å². The molecule has 2 aromatic carbocycles. The van der Waals surface area contributed by atoms with Crippen LogP contribution in [0, 0.1) is 16.7 Å². The number of carbonyl (C=O) groups excluding carboxylic acids is 1. The molecule has 0 spiro atoms. The molecule has 0 saturated carbocycles. The third kappa shape index (κ3) is 6.44. The Morgan fingerprint density at radius 1 is 1.19 bits per heavy atom. The van der Waals surface area contributed by atoms with Gasteiger partial charge < -0.3 is 25.3 Å². The van der Waals surface area contributed by atoms with E-state index in [2.05, 4.69) is 30.1 Å². The number of nitriles is 1. The highest BCUT2D eigenvalue weighted by molar-refractivity contribution is 5.99. The Hall–Kier alpha value is -5.92. The standard InChI is InChI=1S/C25H20F3N9O5/c1-40-16-6-3-13(11-18(16)41-10-7-29)19(21-35-24(39)37(36-21)23-32-8-2-9-33-23)34-14-4-5-15(20(30)31)17(12-14)42-22(38)25(26,27)28/h2-6,8-9,11-12,19,34H,10H2,1H3,(H3,30,31)(H,35,36,39). The van der Waals surface area contributed by atoms with Gasteiger partial charge in [-0.3, -0.25) is 10.4 Å². The van der Waals surface area contributed by atoms with Gasteiger partial charge in [0, 0.05) is 24.1 Å². The van der Waals surface area contributed by atoms with Crippen molar-refractivity contribution in [1.29, 1.82) is 10.7 Å². The molecule has 4 rings (SSSR count). The summed E-state index contributed by atoms with van der Waals surface area (Å²) in [5.41, 5.74) is 4.96. The summed E-state index contributed by atoms with van der Waals surface area (Å²) >= 11 is 0. The number of aromatic nitrogens is 5. The van der Waals surface area contributed by atoms with Crippen molar-refractivity contribution in [1.82, 2.24) is 24.7 Å². The molecule has 0 amide bonds. The average molecular weight is 583 g/mol. The van der Waals surface area contributed by atoms with Gasteiger partial charge in [0.1, 0.15) is 23.7 Å². The fourth-order valence-electron chi connectivity index (χ4n) is 3.66. The maximum atomic E-state index is 12.9. The van der Waals surface area contributed by atoms with Crippen LogP contribution < -0.4 is 31.0 Å². The molecule has 0 aliphatic heterocycles. The number of alkyl halides is 3. The molecule has 1 unspecified atom stereocenters. The number of carbonyl (C=O) groups is 1. The van der Waals surface area contributed by atoms with Crippen LogP contribution in [-0.4, -0.2) is 56.4 Å². The van der Waals surface area contributed by atoms with Gasteiger partial charge in [-0.25, -0.2) is 19.6 Å². The zero-order valence-corrected chi connectivity index (χ0v) is 21.5. The molecule has 4 aromatic rings. The summed E-state index contributed by atoms with van der Waals surface area (Å²) in [5.74, 6) is -3.38. The molecule has 42 heavy (non-hydrogen) atoms. The van der Waals surface area contributed by atoms with Gasteiger partial charge in [0.05, 0.1) is 12.7 Å². The van der Waals surface area contributed by atoms with Crippen LogP contribution in [0.1, 0.15) is 23.0 Å². The third-order valence-electron chi connectivity index (χ3n) is 5.48. The first-order valence-electron chi connectivity index (χ1n) is 11.7. The number of aromatic amines is 1. The van der Waals surface area contributed by atoms with Gasteiger partial charge in [0.2, 0.25) is 0 Å². The number of methoxy groups -OCH3 is 1. The van der Waals surface area contributed by atoms with Crippen molar-refractivity contribution in [3.63, 3.8) is 0 Å². The Morgan fingerprint density at radius 2 is 1.93 bits per heavy atom. The largest absolute Gasteiger partial charge is 0.493 e. The molecule has 0 aliphatic carbocycles. The first-order chi connectivity index (χ1) is 20.0. The lowest BCUT2D eigenvalue weighted by Crippen LogP contribution is -2.29. The second kappa shape index (κ2) is 12.1. The number of nitrogens with two attached hydrogens (primary N) is 1. The first-order valence-corrected chi connectivity index (χ1v) is 11.7. The van der Waals surface area contributed by atoms with Crippen LogP contribution in [-0.2, 0) is 4.79 Å². The summed E-state index contributed by atoms with van der Waals surface area (Å²) in [4.78, 5) is 34.9. The van der Waals surface area contributed by atoms with Crippen molar-refractivity contribution in [2.75, 3.05) is 19.0 Å². The van der Waals surface area contributed by atoms with Gasteiger partial charge in [-0.2, -0.15) is 18.4 Å². The summed E-state index contributed by atoms with van der Waals surface area (Å²) in [7, 11) is 1.39. The molecule has 2 heterocycles. The SMILES string of the molecule is COc1ccc(C(Nc2ccc(C(=N)N)c(OC(=O)C(F)(F)F)c2)c2nn(-c3ncccn3)c(=O)[nH]2)cc1OCC#N. The number of amidine groups is 1. The van der Waals surface area contributed by atoms with E-state index in [4.69, 9.17) is 25.9 Å². The second-order valence-corrected chi connectivity index (χ2v) is 8.22. The van der Waals surface area contributed by atoms with Gasteiger partial charge in [-0.15, -0.1) is 9.78 Å². The monoisotopic (exact) mass is 583 g/mol. The Bertz CT molecular complexity index is 1720. The van der Waals surface area contributed by atoms with Crippen LogP contribution in [0.2, 0.25) is 0 Å². The summed E-state index contributed by atoms with van der Waals surface area (Å²) in [6, 6.07) is 10.5. The van der Waals surface area contributed by atoms with Crippen molar-refractivity contribution < 1.29 is 32.2 Å². The average Bonchev–Trinajstić information content (AvgIpc) is 3.35. The number of nitrogen functional groups attached to an aromatic ring is 1. The molecule has 0 aliphatic rings. The van der Waals surface area contributed by atoms with Crippen molar-refractivity contribution in [3.05, 3.63) is 82.3 Å². The number of nitrogens with zero attached hydrogens (tertiary/aromatic N) is 5. The summed E-state index contributed by atoms with van der Waals surface area (Å²) in [6.07, 6.45) is -2.50. The van der Waals surface area contributed by atoms with E-state index >= 15 is 0 Å². The molecule has 17 heteroatoms. The lowest BCUT2D eigenvalue weighted by molar-refractivity contribution is -0.189. The zero-order valence-electron chi connectivity index (χ0n) is 21.5. The fourth-order valence-corrected chi connectivity index (χ4v) is 3.66. The van der Waals surface area contributed by atoms with E-state index in [1.54, 1.807) is 12.1 Å². The number of ether oxygens (including phenoxy) is 3. The number of halogens is 3. The number of anilines is 1. The minimum atomic E-state index is -5.31. The topological polar surface area (TPSA) is 207 Å². The summed E-state index contributed by atoms with van der Waals surface area (Å²) in [6.45, 7) is -0.310. The maximum absolute atomic E-state index is 12.9. The van der Waals surface area contributed by atoms with Crippen molar-refractivity contribution in [2.24, 2.45) is 5.73 Å². The van der Waals surface area contributed by atoms with Crippen LogP contribution in [0.15, 0.2) is 59.7 Å². The highest BCUT2D eigenvalue weighted by atomic mass is 19.4. The van der Waals surface area contributed by atoms with Crippen LogP contribution in [0.4, 0.5) is 18.9 Å². The quantitative estimate of drug-likeness (QED) is 0.0921. The molecule has 2 aromatic heterocycles. The van der Waals surface area contributed by atoms with Crippen molar-refractivity contribution in [3.8, 4) is 29.3 Å². The predicted octanol–water partition coefficient (Wildman–Crippen LogP) is 2.21. The van der Waals surface area contributed by atoms with Crippen molar-refractivity contribution in [2.45, 2.75) is 12.2 Å². The Labute approximate surface area is 234 Å². The molecule has 14 nitrogen and oxygen atoms in total. The molecule has 1 atom stereocenters. The van der Waals surface area contributed by atoms with Gasteiger partial charge in [-0.1, -0.05) is 6.07 Å².